The van der Waals surface area contributed by atoms with E-state index in [0.29, 0.717) is 19.3 Å². The van der Waals surface area contributed by atoms with Crippen molar-refractivity contribution in [3.8, 4) is 0 Å². The van der Waals surface area contributed by atoms with Gasteiger partial charge in [-0.05, 0) is 36.3 Å². The molecule has 0 fully saturated rings. The number of carbonyl (C=O) groups excluding carboxylic acids is 2. The minimum atomic E-state index is -1.12. The number of thiol groups is 1. The zero-order valence-corrected chi connectivity index (χ0v) is 19.4. The number of carboxylic acids is 1. The fraction of sp³-hybridized carbons (Fsp3) is 0.400. The quantitative estimate of drug-likeness (QED) is 0.369. The molecule has 7 heteroatoms. The Morgan fingerprint density at radius 2 is 1.38 bits per heavy atom. The molecule has 0 saturated carbocycles. The molecule has 2 aromatic rings. The van der Waals surface area contributed by atoms with E-state index in [1.807, 2.05) is 74.5 Å². The monoisotopic (exact) mass is 456 g/mol. The number of aryl methyl sites for hydroxylation is 1. The number of benzene rings is 2. The Bertz CT molecular complexity index is 874. The van der Waals surface area contributed by atoms with Gasteiger partial charge in [0, 0.05) is 6.42 Å². The lowest BCUT2D eigenvalue weighted by Gasteiger charge is -2.24. The lowest BCUT2D eigenvalue weighted by atomic mass is 10.0. The molecule has 0 spiro atoms. The van der Waals surface area contributed by atoms with E-state index in [2.05, 4.69) is 23.3 Å². The Morgan fingerprint density at radius 3 is 1.91 bits per heavy atom. The zero-order chi connectivity index (χ0) is 23.5. The summed E-state index contributed by atoms with van der Waals surface area (Å²) in [5.41, 5.74) is 1.92. The number of hydrogen-bond donors (Lipinski definition) is 4. The van der Waals surface area contributed by atoms with Crippen molar-refractivity contribution in [3.05, 3.63) is 71.8 Å². The first-order valence-corrected chi connectivity index (χ1v) is 11.4. The first-order chi connectivity index (χ1) is 15.3. The van der Waals surface area contributed by atoms with Gasteiger partial charge in [-0.1, -0.05) is 74.5 Å². The standard InChI is InChI=1S/C25H32N2O4S/c1-17(2)15-20(26-24(29)22(32)14-13-18-9-5-3-6-10-18)23(28)27-21(25(30)31)16-19-11-7-4-8-12-19/h3-12,17,20-22,32H,13-16H2,1-2H3,(H,26,29)(H,27,28)(H,30,31)/t20-,21-,22?/m0/s1. The molecule has 3 N–H and O–H groups in total. The average molecular weight is 457 g/mol. The van der Waals surface area contributed by atoms with Crippen LogP contribution in [0.25, 0.3) is 0 Å². The van der Waals surface area contributed by atoms with Crippen LogP contribution >= 0.6 is 12.6 Å². The van der Waals surface area contributed by atoms with Crippen molar-refractivity contribution in [3.63, 3.8) is 0 Å². The molecule has 0 aromatic heterocycles. The maximum atomic E-state index is 12.9. The Hall–Kier alpha value is -2.80. The van der Waals surface area contributed by atoms with E-state index in [0.717, 1.165) is 11.1 Å². The number of nitrogens with one attached hydrogen (secondary N) is 2. The van der Waals surface area contributed by atoms with Gasteiger partial charge in [-0.15, -0.1) is 0 Å². The molecule has 0 bridgehead atoms. The summed E-state index contributed by atoms with van der Waals surface area (Å²) in [7, 11) is 0. The molecule has 32 heavy (non-hydrogen) atoms. The summed E-state index contributed by atoms with van der Waals surface area (Å²) in [4.78, 5) is 37.3. The van der Waals surface area contributed by atoms with E-state index in [9.17, 15) is 19.5 Å². The smallest absolute Gasteiger partial charge is 0.326 e. The second-order valence-corrected chi connectivity index (χ2v) is 8.94. The molecule has 0 aliphatic rings. The molecule has 172 valence electrons. The highest BCUT2D eigenvalue weighted by molar-refractivity contribution is 7.81. The molecule has 6 nitrogen and oxygen atoms in total. The predicted molar refractivity (Wildman–Crippen MR) is 129 cm³/mol. The van der Waals surface area contributed by atoms with Crippen LogP contribution in [-0.4, -0.2) is 40.2 Å². The summed E-state index contributed by atoms with van der Waals surface area (Å²) in [6, 6.07) is 17.0. The molecule has 1 unspecified atom stereocenters. The third kappa shape index (κ3) is 8.75. The summed E-state index contributed by atoms with van der Waals surface area (Å²) >= 11 is 4.42. The van der Waals surface area contributed by atoms with Crippen molar-refractivity contribution in [2.45, 2.75) is 56.9 Å². The highest BCUT2D eigenvalue weighted by atomic mass is 32.1. The van der Waals surface area contributed by atoms with Gasteiger partial charge in [0.15, 0.2) is 0 Å². The van der Waals surface area contributed by atoms with Gasteiger partial charge in [-0.2, -0.15) is 12.6 Å². The largest absolute Gasteiger partial charge is 0.480 e. The fourth-order valence-corrected chi connectivity index (χ4v) is 3.58. The number of aliphatic carboxylic acids is 1. The van der Waals surface area contributed by atoms with Crippen LogP contribution in [0.2, 0.25) is 0 Å². The van der Waals surface area contributed by atoms with E-state index in [1.165, 1.54) is 0 Å². The van der Waals surface area contributed by atoms with Crippen LogP contribution in [0.1, 0.15) is 37.8 Å². The van der Waals surface area contributed by atoms with Crippen LogP contribution in [0, 0.1) is 5.92 Å². The van der Waals surface area contributed by atoms with Crippen molar-refractivity contribution in [2.24, 2.45) is 5.92 Å². The minimum Gasteiger partial charge on any atom is -0.480 e. The highest BCUT2D eigenvalue weighted by Crippen LogP contribution is 2.12. The van der Waals surface area contributed by atoms with E-state index < -0.39 is 29.2 Å². The molecule has 0 aliphatic carbocycles. The van der Waals surface area contributed by atoms with Gasteiger partial charge < -0.3 is 15.7 Å². The zero-order valence-electron chi connectivity index (χ0n) is 18.5. The lowest BCUT2D eigenvalue weighted by molar-refractivity contribution is -0.142. The minimum absolute atomic E-state index is 0.131. The Labute approximate surface area is 195 Å². The van der Waals surface area contributed by atoms with Gasteiger partial charge in [-0.3, -0.25) is 9.59 Å². The molecular weight excluding hydrogens is 424 g/mol. The molecule has 0 saturated heterocycles. The van der Waals surface area contributed by atoms with Gasteiger partial charge in [0.2, 0.25) is 11.8 Å². The maximum Gasteiger partial charge on any atom is 0.326 e. The summed E-state index contributed by atoms with van der Waals surface area (Å²) < 4.78 is 0. The van der Waals surface area contributed by atoms with E-state index in [-0.39, 0.29) is 18.2 Å². The van der Waals surface area contributed by atoms with E-state index in [4.69, 9.17) is 0 Å². The van der Waals surface area contributed by atoms with Crippen LogP contribution in [0.15, 0.2) is 60.7 Å². The molecular formula is C25H32N2O4S. The highest BCUT2D eigenvalue weighted by Gasteiger charge is 2.28. The first kappa shape index (κ1) is 25.5. The predicted octanol–water partition coefficient (Wildman–Crippen LogP) is 3.26. The van der Waals surface area contributed by atoms with Crippen molar-refractivity contribution in [2.75, 3.05) is 0 Å². The van der Waals surface area contributed by atoms with Crippen molar-refractivity contribution in [1.82, 2.24) is 10.6 Å². The van der Waals surface area contributed by atoms with Crippen LogP contribution in [0.5, 0.6) is 0 Å². The first-order valence-electron chi connectivity index (χ1n) is 10.9. The SMILES string of the molecule is CC(C)C[C@H](NC(=O)C(S)CCc1ccccc1)C(=O)N[C@@H](Cc1ccccc1)C(=O)O. The Morgan fingerprint density at radius 1 is 0.844 bits per heavy atom. The molecule has 2 amide bonds. The maximum absolute atomic E-state index is 12.9. The van der Waals surface area contributed by atoms with Gasteiger partial charge >= 0.3 is 5.97 Å². The van der Waals surface area contributed by atoms with Gasteiger partial charge in [-0.25, -0.2) is 4.79 Å². The molecule has 0 radical (unpaired) electrons. The second-order valence-electron chi connectivity index (χ2n) is 8.32. The van der Waals surface area contributed by atoms with Gasteiger partial charge in [0.05, 0.1) is 5.25 Å². The fourth-order valence-electron chi connectivity index (χ4n) is 3.37. The van der Waals surface area contributed by atoms with Crippen LogP contribution in [-0.2, 0) is 27.2 Å². The molecule has 2 aromatic carbocycles. The second kappa shape index (κ2) is 12.9. The number of carbonyl (C=O) groups is 3. The molecule has 0 heterocycles. The normalized spacial score (nSPS) is 13.8. The molecule has 0 aliphatic heterocycles. The average Bonchev–Trinajstić information content (AvgIpc) is 2.77. The van der Waals surface area contributed by atoms with Gasteiger partial charge in [0.1, 0.15) is 12.1 Å². The molecule has 2 rings (SSSR count). The van der Waals surface area contributed by atoms with Crippen LogP contribution in [0.4, 0.5) is 0 Å². The van der Waals surface area contributed by atoms with Crippen molar-refractivity contribution >= 4 is 30.4 Å². The topological polar surface area (TPSA) is 95.5 Å². The van der Waals surface area contributed by atoms with Gasteiger partial charge in [0.25, 0.3) is 0 Å². The van der Waals surface area contributed by atoms with Crippen LogP contribution in [0.3, 0.4) is 0 Å². The van der Waals surface area contributed by atoms with Crippen LogP contribution < -0.4 is 10.6 Å². The summed E-state index contributed by atoms with van der Waals surface area (Å²) in [5, 5.41) is 14.4. The Kier molecular flexibility index (Phi) is 10.3. The summed E-state index contributed by atoms with van der Waals surface area (Å²) in [6.07, 6.45) is 1.79. The number of amides is 2. The Balaban J connectivity index is 1.99. The van der Waals surface area contributed by atoms with Crippen molar-refractivity contribution in [1.29, 1.82) is 0 Å². The van der Waals surface area contributed by atoms with E-state index in [1.54, 1.807) is 0 Å². The lowest BCUT2D eigenvalue weighted by Crippen LogP contribution is -2.53. The number of carboxylic acid groups (broad SMARTS) is 1. The number of rotatable bonds is 12. The summed E-state index contributed by atoms with van der Waals surface area (Å²) in [6.45, 7) is 3.89. The van der Waals surface area contributed by atoms with E-state index >= 15 is 0 Å². The van der Waals surface area contributed by atoms with Crippen molar-refractivity contribution < 1.29 is 19.5 Å². The third-order valence-electron chi connectivity index (χ3n) is 5.09. The third-order valence-corrected chi connectivity index (χ3v) is 5.58. The molecule has 3 atom stereocenters. The summed E-state index contributed by atoms with van der Waals surface area (Å²) in [5.74, 6) is -1.82. The number of hydrogen-bond acceptors (Lipinski definition) is 4.